The molecule has 0 unspecified atom stereocenters. The van der Waals surface area contributed by atoms with Crippen LogP contribution in [0.2, 0.25) is 18.1 Å². The molecule has 1 aromatic carbocycles. The molecule has 0 saturated heterocycles. The molecule has 0 aliphatic rings. The highest BCUT2D eigenvalue weighted by Crippen LogP contribution is 2.32. The number of fused-ring (bicyclic) bond motifs is 1. The Morgan fingerprint density at radius 2 is 2.07 bits per heavy atom. The van der Waals surface area contributed by atoms with E-state index in [9.17, 15) is 0 Å². The molecule has 79 valence electrons. The third kappa shape index (κ3) is 2.48. The summed E-state index contributed by atoms with van der Waals surface area (Å²) in [5, 5.41) is 1.60. The topological polar surface area (TPSA) is 22.4 Å². The zero-order chi connectivity index (χ0) is 11.0. The minimum absolute atomic E-state index is 0.605. The van der Waals surface area contributed by atoms with Crippen molar-refractivity contribution in [2.45, 2.75) is 13.1 Å². The quantitative estimate of drug-likeness (QED) is 0.594. The molecule has 5 heteroatoms. The first-order valence-electron chi connectivity index (χ1n) is 4.43. The summed E-state index contributed by atoms with van der Waals surface area (Å²) in [7, 11) is -0.756. The summed E-state index contributed by atoms with van der Waals surface area (Å²) in [5.41, 5.74) is 0.731. The maximum Gasteiger partial charge on any atom is 0.274 e. The van der Waals surface area contributed by atoms with E-state index in [1.165, 1.54) is 0 Å². The van der Waals surface area contributed by atoms with E-state index < -0.39 is 9.04 Å². The zero-order valence-corrected chi connectivity index (χ0v) is 12.2. The molecule has 0 spiro atoms. The Kier molecular flexibility index (Phi) is 3.27. The van der Waals surface area contributed by atoms with E-state index in [2.05, 4.69) is 35.7 Å². The van der Waals surface area contributed by atoms with Gasteiger partial charge in [0.15, 0.2) is 9.35 Å². The van der Waals surface area contributed by atoms with Gasteiger partial charge in [0.05, 0.1) is 5.02 Å². The standard InChI is InChI=1S/C10H9ClIO2Si/c1-15(2)14-7-3-6-4-9(12)13-10(6)8(11)5-7/h3-5H,1-2H3. The molecule has 1 radical (unpaired) electrons. The molecule has 15 heavy (non-hydrogen) atoms. The molecule has 1 heterocycles. The highest BCUT2D eigenvalue weighted by molar-refractivity contribution is 14.1. The third-order valence-electron chi connectivity index (χ3n) is 1.84. The predicted molar refractivity (Wildman–Crippen MR) is 72.1 cm³/mol. The van der Waals surface area contributed by atoms with Crippen LogP contribution in [0.3, 0.4) is 0 Å². The van der Waals surface area contributed by atoms with Gasteiger partial charge in [0.1, 0.15) is 5.75 Å². The average molecular weight is 352 g/mol. The third-order valence-corrected chi connectivity index (χ3v) is 3.29. The highest BCUT2D eigenvalue weighted by Gasteiger charge is 2.09. The van der Waals surface area contributed by atoms with Gasteiger partial charge in [-0.2, -0.15) is 0 Å². The summed E-state index contributed by atoms with van der Waals surface area (Å²) in [6, 6.07) is 5.72. The first-order chi connectivity index (χ1) is 7.06. The van der Waals surface area contributed by atoms with Gasteiger partial charge in [0.2, 0.25) is 0 Å². The largest absolute Gasteiger partial charge is 0.543 e. The summed E-state index contributed by atoms with van der Waals surface area (Å²) in [6.07, 6.45) is 0. The second kappa shape index (κ2) is 4.35. The van der Waals surface area contributed by atoms with E-state index in [-0.39, 0.29) is 0 Å². The fourth-order valence-electron chi connectivity index (χ4n) is 1.35. The molecule has 0 fully saturated rings. The molecule has 0 bridgehead atoms. The second-order valence-electron chi connectivity index (χ2n) is 3.38. The van der Waals surface area contributed by atoms with Crippen molar-refractivity contribution in [1.82, 2.24) is 0 Å². The van der Waals surface area contributed by atoms with Crippen molar-refractivity contribution in [1.29, 1.82) is 0 Å². The molecule has 0 saturated carbocycles. The van der Waals surface area contributed by atoms with Gasteiger partial charge in [-0.25, -0.2) is 0 Å². The Bertz CT molecular complexity index is 495. The van der Waals surface area contributed by atoms with Crippen molar-refractivity contribution >= 4 is 54.2 Å². The molecule has 0 aliphatic carbocycles. The summed E-state index contributed by atoms with van der Waals surface area (Å²) in [6.45, 7) is 4.17. The van der Waals surface area contributed by atoms with Crippen LogP contribution < -0.4 is 4.43 Å². The molecule has 1 aromatic heterocycles. The first kappa shape index (κ1) is 11.3. The molecular formula is C10H9ClIO2Si. The van der Waals surface area contributed by atoms with E-state index >= 15 is 0 Å². The lowest BCUT2D eigenvalue weighted by Crippen LogP contribution is -2.10. The highest BCUT2D eigenvalue weighted by atomic mass is 127. The molecular weight excluding hydrogens is 343 g/mol. The lowest BCUT2D eigenvalue weighted by atomic mass is 10.2. The lowest BCUT2D eigenvalue weighted by molar-refractivity contribution is 0.575. The smallest absolute Gasteiger partial charge is 0.274 e. The maximum absolute atomic E-state index is 6.09. The molecule has 2 nitrogen and oxygen atoms in total. The van der Waals surface area contributed by atoms with Crippen LogP contribution in [-0.2, 0) is 0 Å². The summed E-state index contributed by atoms with van der Waals surface area (Å²) in [4.78, 5) is 0. The Balaban J connectivity index is 2.51. The van der Waals surface area contributed by atoms with Gasteiger partial charge < -0.3 is 8.84 Å². The minimum Gasteiger partial charge on any atom is -0.543 e. The Morgan fingerprint density at radius 3 is 2.73 bits per heavy atom. The fourth-order valence-corrected chi connectivity index (χ4v) is 2.75. The van der Waals surface area contributed by atoms with Gasteiger partial charge in [-0.05, 0) is 47.8 Å². The number of hydrogen-bond donors (Lipinski definition) is 0. The normalized spacial score (nSPS) is 11.3. The van der Waals surface area contributed by atoms with Gasteiger partial charge in [-0.3, -0.25) is 0 Å². The van der Waals surface area contributed by atoms with Crippen LogP contribution in [0.25, 0.3) is 11.0 Å². The van der Waals surface area contributed by atoms with E-state index in [4.69, 9.17) is 20.4 Å². The number of hydrogen-bond acceptors (Lipinski definition) is 2. The average Bonchev–Trinajstić information content (AvgIpc) is 2.44. The molecule has 2 aromatic rings. The lowest BCUT2D eigenvalue weighted by Gasteiger charge is -2.08. The van der Waals surface area contributed by atoms with E-state index in [0.29, 0.717) is 5.02 Å². The van der Waals surface area contributed by atoms with Gasteiger partial charge >= 0.3 is 0 Å². The van der Waals surface area contributed by atoms with Crippen molar-refractivity contribution < 1.29 is 8.84 Å². The van der Waals surface area contributed by atoms with Crippen LogP contribution in [0.15, 0.2) is 22.6 Å². The Morgan fingerprint density at radius 1 is 1.33 bits per heavy atom. The number of furan rings is 1. The summed E-state index contributed by atoms with van der Waals surface area (Å²) >= 11 is 8.22. The second-order valence-corrected chi connectivity index (χ2v) is 6.88. The van der Waals surface area contributed by atoms with Crippen molar-refractivity contribution in [2.75, 3.05) is 0 Å². The monoisotopic (exact) mass is 351 g/mol. The maximum atomic E-state index is 6.09. The van der Waals surface area contributed by atoms with Gasteiger partial charge in [0, 0.05) is 11.5 Å². The van der Waals surface area contributed by atoms with Crippen LogP contribution >= 0.6 is 34.2 Å². The van der Waals surface area contributed by atoms with Crippen LogP contribution in [0.5, 0.6) is 5.75 Å². The van der Waals surface area contributed by atoms with Crippen molar-refractivity contribution in [3.05, 3.63) is 27.0 Å². The summed E-state index contributed by atoms with van der Waals surface area (Å²) < 4.78 is 12.0. The Hall–Kier alpha value is -0.203. The Labute approximate surface area is 108 Å². The van der Waals surface area contributed by atoms with Gasteiger partial charge in [-0.1, -0.05) is 11.6 Å². The van der Waals surface area contributed by atoms with Crippen molar-refractivity contribution in [3.8, 4) is 5.75 Å². The molecule has 2 rings (SSSR count). The zero-order valence-electron chi connectivity index (χ0n) is 8.30. The number of halogens is 2. The number of benzene rings is 1. The van der Waals surface area contributed by atoms with Gasteiger partial charge in [-0.15, -0.1) is 0 Å². The van der Waals surface area contributed by atoms with Crippen LogP contribution in [0.1, 0.15) is 0 Å². The van der Waals surface area contributed by atoms with E-state index in [1.54, 1.807) is 6.07 Å². The molecule has 0 N–H and O–H groups in total. The van der Waals surface area contributed by atoms with E-state index in [1.807, 2.05) is 12.1 Å². The fraction of sp³-hybridized carbons (Fsp3) is 0.200. The van der Waals surface area contributed by atoms with Crippen molar-refractivity contribution in [2.24, 2.45) is 0 Å². The predicted octanol–water partition coefficient (Wildman–Crippen LogP) is 4.32. The first-order valence-corrected chi connectivity index (χ1v) is 8.29. The van der Waals surface area contributed by atoms with Gasteiger partial charge in [0.25, 0.3) is 9.04 Å². The van der Waals surface area contributed by atoms with E-state index in [0.717, 1.165) is 20.5 Å². The molecule has 0 aliphatic heterocycles. The molecule has 0 amide bonds. The van der Waals surface area contributed by atoms with Crippen LogP contribution in [0.4, 0.5) is 0 Å². The van der Waals surface area contributed by atoms with Crippen molar-refractivity contribution in [3.63, 3.8) is 0 Å². The number of rotatable bonds is 2. The van der Waals surface area contributed by atoms with Crippen LogP contribution in [-0.4, -0.2) is 9.04 Å². The van der Waals surface area contributed by atoms with Crippen LogP contribution in [0, 0.1) is 3.77 Å². The molecule has 0 atom stereocenters. The SMILES string of the molecule is C[Si](C)Oc1cc(Cl)c2oc(I)cc2c1. The summed E-state index contributed by atoms with van der Waals surface area (Å²) in [5.74, 6) is 0.823. The minimum atomic E-state index is -0.756.